The average Bonchev–Trinajstić information content (AvgIpc) is 2.47. The van der Waals surface area contributed by atoms with Gasteiger partial charge in [-0.3, -0.25) is 4.79 Å². The Morgan fingerprint density at radius 2 is 1.90 bits per heavy atom. The first kappa shape index (κ1) is 15.2. The summed E-state index contributed by atoms with van der Waals surface area (Å²) in [5, 5.41) is 0. The van der Waals surface area contributed by atoms with Crippen LogP contribution in [-0.2, 0) is 9.53 Å². The number of esters is 1. The maximum absolute atomic E-state index is 12.1. The summed E-state index contributed by atoms with van der Waals surface area (Å²) in [7, 11) is 0. The van der Waals surface area contributed by atoms with Crippen LogP contribution in [0.1, 0.15) is 24.2 Å². The molecule has 2 N–H and O–H groups in total. The Morgan fingerprint density at radius 1 is 1.24 bits per heavy atom. The van der Waals surface area contributed by atoms with Crippen molar-refractivity contribution in [2.24, 2.45) is 0 Å². The van der Waals surface area contributed by atoms with Crippen molar-refractivity contribution in [1.29, 1.82) is 0 Å². The quantitative estimate of drug-likeness (QED) is 0.667. The molecule has 1 saturated heterocycles. The molecule has 0 radical (unpaired) electrons. The highest BCUT2D eigenvalue weighted by molar-refractivity contribution is 5.99. The van der Waals surface area contributed by atoms with Crippen molar-refractivity contribution < 1.29 is 14.3 Å². The van der Waals surface area contributed by atoms with Crippen LogP contribution >= 0.6 is 0 Å². The zero-order chi connectivity index (χ0) is 15.4. The molecule has 0 aliphatic carbocycles. The van der Waals surface area contributed by atoms with Gasteiger partial charge in [0.2, 0.25) is 5.91 Å². The van der Waals surface area contributed by atoms with Crippen LogP contribution < -0.4 is 10.6 Å². The van der Waals surface area contributed by atoms with Crippen LogP contribution in [0, 0.1) is 0 Å². The predicted octanol–water partition coefficient (Wildman–Crippen LogP) is 1.11. The van der Waals surface area contributed by atoms with Gasteiger partial charge >= 0.3 is 5.97 Å². The standard InChI is InChI=1S/C15H21N3O3/c1-3-21-15(20)12-5-4-6-13(16)14(12)18-9-7-17(8-10-18)11(2)19/h4-6H,3,7-10,16H2,1-2H3. The van der Waals surface area contributed by atoms with Crippen LogP contribution in [0.25, 0.3) is 0 Å². The number of rotatable bonds is 3. The normalized spacial score (nSPS) is 15.0. The molecular weight excluding hydrogens is 270 g/mol. The average molecular weight is 291 g/mol. The lowest BCUT2D eigenvalue weighted by atomic mass is 10.1. The number of nitrogens with zero attached hydrogens (tertiary/aromatic N) is 2. The number of para-hydroxylation sites is 1. The molecule has 21 heavy (non-hydrogen) atoms. The van der Waals surface area contributed by atoms with E-state index in [1.807, 2.05) is 4.90 Å². The lowest BCUT2D eigenvalue weighted by molar-refractivity contribution is -0.129. The number of carbonyl (C=O) groups is 2. The molecule has 2 rings (SSSR count). The maximum Gasteiger partial charge on any atom is 0.340 e. The van der Waals surface area contributed by atoms with E-state index < -0.39 is 0 Å². The molecule has 1 aromatic carbocycles. The minimum Gasteiger partial charge on any atom is -0.462 e. The van der Waals surface area contributed by atoms with E-state index in [4.69, 9.17) is 10.5 Å². The number of ether oxygens (including phenoxy) is 1. The summed E-state index contributed by atoms with van der Waals surface area (Å²) >= 11 is 0. The third-order valence-corrected chi connectivity index (χ3v) is 3.60. The van der Waals surface area contributed by atoms with Crippen molar-refractivity contribution in [1.82, 2.24) is 4.90 Å². The number of carbonyl (C=O) groups excluding carboxylic acids is 2. The molecular formula is C15H21N3O3. The molecule has 0 atom stereocenters. The second-order valence-corrected chi connectivity index (χ2v) is 4.96. The number of piperazine rings is 1. The Kier molecular flexibility index (Phi) is 4.67. The van der Waals surface area contributed by atoms with E-state index in [1.165, 1.54) is 0 Å². The number of hydrogen-bond acceptors (Lipinski definition) is 5. The van der Waals surface area contributed by atoms with Crippen LogP contribution in [0.4, 0.5) is 11.4 Å². The first-order chi connectivity index (χ1) is 10.0. The Bertz CT molecular complexity index is 537. The van der Waals surface area contributed by atoms with Crippen LogP contribution in [-0.4, -0.2) is 49.6 Å². The fraction of sp³-hybridized carbons (Fsp3) is 0.467. The number of benzene rings is 1. The summed E-state index contributed by atoms with van der Waals surface area (Å²) in [6.45, 7) is 6.23. The molecule has 1 heterocycles. The molecule has 0 unspecified atom stereocenters. The van der Waals surface area contributed by atoms with Crippen molar-refractivity contribution in [3.63, 3.8) is 0 Å². The topological polar surface area (TPSA) is 75.9 Å². The molecule has 1 aliphatic heterocycles. The highest BCUT2D eigenvalue weighted by atomic mass is 16.5. The van der Waals surface area contributed by atoms with Gasteiger partial charge in [0.15, 0.2) is 0 Å². The summed E-state index contributed by atoms with van der Waals surface area (Å²) in [6, 6.07) is 5.24. The van der Waals surface area contributed by atoms with E-state index >= 15 is 0 Å². The number of nitrogens with two attached hydrogens (primary N) is 1. The first-order valence-electron chi connectivity index (χ1n) is 7.10. The van der Waals surface area contributed by atoms with Crippen molar-refractivity contribution in [2.75, 3.05) is 43.4 Å². The van der Waals surface area contributed by atoms with Crippen molar-refractivity contribution >= 4 is 23.3 Å². The minimum absolute atomic E-state index is 0.0706. The van der Waals surface area contributed by atoms with Gasteiger partial charge in [0.25, 0.3) is 0 Å². The Balaban J connectivity index is 2.23. The predicted molar refractivity (Wildman–Crippen MR) is 81.3 cm³/mol. The van der Waals surface area contributed by atoms with Crippen LogP contribution in [0.15, 0.2) is 18.2 Å². The fourth-order valence-electron chi connectivity index (χ4n) is 2.53. The lowest BCUT2D eigenvalue weighted by Crippen LogP contribution is -2.48. The van der Waals surface area contributed by atoms with Gasteiger partial charge in [-0.25, -0.2) is 4.79 Å². The summed E-state index contributed by atoms with van der Waals surface area (Å²) in [6.07, 6.45) is 0. The van der Waals surface area contributed by atoms with E-state index in [2.05, 4.69) is 0 Å². The van der Waals surface area contributed by atoms with Crippen LogP contribution in [0.3, 0.4) is 0 Å². The van der Waals surface area contributed by atoms with E-state index in [0.717, 1.165) is 0 Å². The fourth-order valence-corrected chi connectivity index (χ4v) is 2.53. The molecule has 0 spiro atoms. The summed E-state index contributed by atoms with van der Waals surface area (Å²) in [5.41, 5.74) is 7.79. The zero-order valence-corrected chi connectivity index (χ0v) is 12.5. The highest BCUT2D eigenvalue weighted by Crippen LogP contribution is 2.29. The van der Waals surface area contributed by atoms with E-state index in [-0.39, 0.29) is 11.9 Å². The van der Waals surface area contributed by atoms with Crippen LogP contribution in [0.2, 0.25) is 0 Å². The first-order valence-corrected chi connectivity index (χ1v) is 7.10. The van der Waals surface area contributed by atoms with Gasteiger partial charge in [0.1, 0.15) is 0 Å². The highest BCUT2D eigenvalue weighted by Gasteiger charge is 2.24. The number of anilines is 2. The largest absolute Gasteiger partial charge is 0.462 e. The molecule has 0 bridgehead atoms. The van der Waals surface area contributed by atoms with Gasteiger partial charge in [0, 0.05) is 33.1 Å². The van der Waals surface area contributed by atoms with Gasteiger partial charge in [0.05, 0.1) is 23.5 Å². The third-order valence-electron chi connectivity index (χ3n) is 3.60. The minimum atomic E-state index is -0.367. The molecule has 6 heteroatoms. The maximum atomic E-state index is 12.1. The summed E-state index contributed by atoms with van der Waals surface area (Å²) in [4.78, 5) is 27.3. The Labute approximate surface area is 124 Å². The Morgan fingerprint density at radius 3 is 2.48 bits per heavy atom. The van der Waals surface area contributed by atoms with E-state index in [1.54, 1.807) is 36.9 Å². The number of hydrogen-bond donors (Lipinski definition) is 1. The Hall–Kier alpha value is -2.24. The smallest absolute Gasteiger partial charge is 0.340 e. The lowest BCUT2D eigenvalue weighted by Gasteiger charge is -2.36. The molecule has 1 fully saturated rings. The van der Waals surface area contributed by atoms with Gasteiger partial charge in [-0.15, -0.1) is 0 Å². The van der Waals surface area contributed by atoms with Gasteiger partial charge in [-0.05, 0) is 19.1 Å². The molecule has 0 aromatic heterocycles. The van der Waals surface area contributed by atoms with Crippen LogP contribution in [0.5, 0.6) is 0 Å². The molecule has 1 aliphatic rings. The second-order valence-electron chi connectivity index (χ2n) is 4.96. The molecule has 0 saturated carbocycles. The third kappa shape index (κ3) is 3.26. The van der Waals surface area contributed by atoms with Gasteiger partial charge in [-0.1, -0.05) is 6.07 Å². The summed E-state index contributed by atoms with van der Waals surface area (Å²) in [5.74, 6) is -0.296. The molecule has 1 aromatic rings. The summed E-state index contributed by atoms with van der Waals surface area (Å²) < 4.78 is 5.09. The zero-order valence-electron chi connectivity index (χ0n) is 12.5. The molecule has 1 amide bonds. The monoisotopic (exact) mass is 291 g/mol. The van der Waals surface area contributed by atoms with E-state index in [0.29, 0.717) is 49.7 Å². The second kappa shape index (κ2) is 6.47. The molecule has 114 valence electrons. The van der Waals surface area contributed by atoms with Crippen molar-refractivity contribution in [3.05, 3.63) is 23.8 Å². The van der Waals surface area contributed by atoms with Crippen molar-refractivity contribution in [2.45, 2.75) is 13.8 Å². The number of nitrogen functional groups attached to an aromatic ring is 1. The van der Waals surface area contributed by atoms with Crippen molar-refractivity contribution in [3.8, 4) is 0 Å². The van der Waals surface area contributed by atoms with Gasteiger partial charge < -0.3 is 20.3 Å². The van der Waals surface area contributed by atoms with E-state index in [9.17, 15) is 9.59 Å². The number of amides is 1. The molecule has 6 nitrogen and oxygen atoms in total. The SMILES string of the molecule is CCOC(=O)c1cccc(N)c1N1CCN(C(C)=O)CC1. The van der Waals surface area contributed by atoms with Gasteiger partial charge in [-0.2, -0.15) is 0 Å².